The summed E-state index contributed by atoms with van der Waals surface area (Å²) in [6.45, 7) is 7.53. The molecule has 0 unspecified atom stereocenters. The van der Waals surface area contributed by atoms with Crippen LogP contribution in [-0.4, -0.2) is 71.0 Å². The van der Waals surface area contributed by atoms with Gasteiger partial charge >= 0.3 is 0 Å². The van der Waals surface area contributed by atoms with Crippen molar-refractivity contribution in [2.24, 2.45) is 0 Å². The van der Waals surface area contributed by atoms with Gasteiger partial charge < -0.3 is 9.64 Å². The molecule has 0 N–H and O–H groups in total. The highest BCUT2D eigenvalue weighted by molar-refractivity contribution is 7.17. The molecule has 2 aromatic rings. The molecule has 2 fully saturated rings. The van der Waals surface area contributed by atoms with Crippen LogP contribution in [0.15, 0.2) is 12.4 Å². The molecule has 7 heteroatoms. The Morgan fingerprint density at radius 2 is 2.00 bits per heavy atom. The van der Waals surface area contributed by atoms with E-state index in [1.165, 1.54) is 4.88 Å². The lowest BCUT2D eigenvalue weighted by molar-refractivity contribution is -0.136. The molecule has 0 aliphatic carbocycles. The fourth-order valence-electron chi connectivity index (χ4n) is 3.70. The number of carbonyl (C=O) groups is 1. The minimum atomic E-state index is 0.253. The second kappa shape index (κ2) is 7.43. The van der Waals surface area contributed by atoms with Crippen molar-refractivity contribution >= 4 is 22.2 Å². The fourth-order valence-corrected chi connectivity index (χ4v) is 4.85. The number of imidazole rings is 1. The average Bonchev–Trinajstić information content (AvgIpc) is 3.22. The molecule has 6 nitrogen and oxygen atoms in total. The second-order valence-corrected chi connectivity index (χ2v) is 7.99. The van der Waals surface area contributed by atoms with E-state index in [2.05, 4.69) is 33.6 Å². The molecular weight excluding hydrogens is 336 g/mol. The fraction of sp³-hybridized carbons (Fsp3) is 0.667. The predicted octanol–water partition coefficient (Wildman–Crippen LogP) is 2.00. The summed E-state index contributed by atoms with van der Waals surface area (Å²) in [6, 6.07) is 0. The van der Waals surface area contributed by atoms with Crippen LogP contribution < -0.4 is 0 Å². The lowest BCUT2D eigenvalue weighted by Gasteiger charge is -2.33. The summed E-state index contributed by atoms with van der Waals surface area (Å²) < 4.78 is 7.50. The number of aryl methyl sites for hydroxylation is 1. The van der Waals surface area contributed by atoms with Crippen LogP contribution in [0.4, 0.5) is 0 Å². The number of hydrogen-bond acceptors (Lipinski definition) is 5. The van der Waals surface area contributed by atoms with Gasteiger partial charge in [-0.15, -0.1) is 11.3 Å². The first-order chi connectivity index (χ1) is 12.2. The van der Waals surface area contributed by atoms with Gasteiger partial charge in [-0.3, -0.25) is 14.1 Å². The highest BCUT2D eigenvalue weighted by Gasteiger charge is 2.26. The van der Waals surface area contributed by atoms with E-state index < -0.39 is 0 Å². The second-order valence-electron chi connectivity index (χ2n) is 6.95. The van der Waals surface area contributed by atoms with Gasteiger partial charge in [-0.2, -0.15) is 0 Å². The summed E-state index contributed by atoms with van der Waals surface area (Å²) in [4.78, 5) is 23.8. The Hall–Kier alpha value is -1.44. The van der Waals surface area contributed by atoms with Crippen molar-refractivity contribution in [3.63, 3.8) is 0 Å². The summed E-state index contributed by atoms with van der Waals surface area (Å²) in [5.74, 6) is 0.856. The van der Waals surface area contributed by atoms with Crippen LogP contribution >= 0.6 is 11.3 Å². The van der Waals surface area contributed by atoms with Crippen molar-refractivity contribution in [2.75, 3.05) is 45.9 Å². The summed E-state index contributed by atoms with van der Waals surface area (Å²) in [6.07, 6.45) is 7.64. The molecule has 0 spiro atoms. The number of amides is 1. The molecule has 0 radical (unpaired) electrons. The number of ether oxygens (including phenoxy) is 1. The van der Waals surface area contributed by atoms with Crippen LogP contribution in [0.3, 0.4) is 0 Å². The van der Waals surface area contributed by atoms with Crippen LogP contribution in [0.25, 0.3) is 4.96 Å². The first kappa shape index (κ1) is 17.0. The van der Waals surface area contributed by atoms with Gasteiger partial charge in [0.1, 0.15) is 0 Å². The molecule has 2 saturated heterocycles. The third-order valence-corrected chi connectivity index (χ3v) is 6.46. The molecule has 4 heterocycles. The van der Waals surface area contributed by atoms with E-state index in [0.717, 1.165) is 56.1 Å². The summed E-state index contributed by atoms with van der Waals surface area (Å²) in [7, 11) is 0. The van der Waals surface area contributed by atoms with E-state index in [1.54, 1.807) is 0 Å². The molecule has 4 rings (SSSR count). The molecule has 2 aliphatic heterocycles. The van der Waals surface area contributed by atoms with Gasteiger partial charge in [0.15, 0.2) is 4.96 Å². The number of piperidine rings is 1. The smallest absolute Gasteiger partial charge is 0.236 e. The van der Waals surface area contributed by atoms with E-state index >= 15 is 0 Å². The molecule has 136 valence electrons. The Kier molecular flexibility index (Phi) is 5.05. The van der Waals surface area contributed by atoms with Crippen molar-refractivity contribution in [1.29, 1.82) is 0 Å². The van der Waals surface area contributed by atoms with E-state index in [-0.39, 0.29) is 5.91 Å². The monoisotopic (exact) mass is 362 g/mol. The molecule has 2 aromatic heterocycles. The largest absolute Gasteiger partial charge is 0.378 e. The van der Waals surface area contributed by atoms with Crippen LogP contribution in [0.1, 0.15) is 36.3 Å². The Labute approximate surface area is 152 Å². The maximum Gasteiger partial charge on any atom is 0.236 e. The number of aromatic nitrogens is 2. The van der Waals surface area contributed by atoms with Crippen LogP contribution in [0.5, 0.6) is 0 Å². The van der Waals surface area contributed by atoms with E-state index in [0.29, 0.717) is 25.7 Å². The standard InChI is InChI=1S/C18H26N4O2S/c1-2-15-11-22-12-16(25-18(22)19-15)14-3-5-20(6-4-14)13-17(23)21-7-9-24-10-8-21/h11-12,14H,2-10,13H2,1H3. The van der Waals surface area contributed by atoms with Crippen LogP contribution in [0, 0.1) is 0 Å². The maximum absolute atomic E-state index is 12.4. The minimum Gasteiger partial charge on any atom is -0.378 e. The zero-order chi connectivity index (χ0) is 17.2. The van der Waals surface area contributed by atoms with Gasteiger partial charge in [0.2, 0.25) is 5.91 Å². The average molecular weight is 362 g/mol. The first-order valence-corrected chi connectivity index (χ1v) is 10.1. The molecule has 0 atom stereocenters. The predicted molar refractivity (Wildman–Crippen MR) is 98.3 cm³/mol. The lowest BCUT2D eigenvalue weighted by Crippen LogP contribution is -2.47. The Morgan fingerprint density at radius 3 is 2.68 bits per heavy atom. The number of hydrogen-bond donors (Lipinski definition) is 0. The molecular formula is C18H26N4O2S. The molecule has 1 amide bonds. The number of likely N-dealkylation sites (tertiary alicyclic amines) is 1. The lowest BCUT2D eigenvalue weighted by atomic mass is 9.96. The van der Waals surface area contributed by atoms with Crippen molar-refractivity contribution in [1.82, 2.24) is 19.2 Å². The quantitative estimate of drug-likeness (QED) is 0.835. The molecule has 2 aliphatic rings. The number of carbonyl (C=O) groups excluding carboxylic acids is 1. The molecule has 0 bridgehead atoms. The molecule has 0 saturated carbocycles. The summed E-state index contributed by atoms with van der Waals surface area (Å²) >= 11 is 1.82. The number of rotatable bonds is 4. The summed E-state index contributed by atoms with van der Waals surface area (Å²) in [5.41, 5.74) is 1.16. The number of fused-ring (bicyclic) bond motifs is 1. The third-order valence-electron chi connectivity index (χ3n) is 5.30. The highest BCUT2D eigenvalue weighted by Crippen LogP contribution is 2.33. The van der Waals surface area contributed by atoms with Crippen molar-refractivity contribution < 1.29 is 9.53 Å². The molecule has 0 aromatic carbocycles. The van der Waals surface area contributed by atoms with Gasteiger partial charge in [-0.25, -0.2) is 4.98 Å². The Bertz CT molecular complexity index is 695. The van der Waals surface area contributed by atoms with Crippen molar-refractivity contribution in [3.05, 3.63) is 23.0 Å². The van der Waals surface area contributed by atoms with Crippen LogP contribution in [0.2, 0.25) is 0 Å². The molecule has 25 heavy (non-hydrogen) atoms. The van der Waals surface area contributed by atoms with E-state index in [1.807, 2.05) is 16.2 Å². The van der Waals surface area contributed by atoms with Gasteiger partial charge in [0.25, 0.3) is 0 Å². The number of morpholine rings is 1. The SMILES string of the molecule is CCc1cn2cc(C3CCN(CC(=O)N4CCOCC4)CC3)sc2n1. The Balaban J connectivity index is 1.31. The van der Waals surface area contributed by atoms with Gasteiger partial charge in [-0.05, 0) is 38.3 Å². The minimum absolute atomic E-state index is 0.253. The Morgan fingerprint density at radius 1 is 1.24 bits per heavy atom. The van der Waals surface area contributed by atoms with Gasteiger partial charge in [-0.1, -0.05) is 6.92 Å². The number of thiazole rings is 1. The topological polar surface area (TPSA) is 50.1 Å². The highest BCUT2D eigenvalue weighted by atomic mass is 32.1. The van der Waals surface area contributed by atoms with Gasteiger partial charge in [0, 0.05) is 30.4 Å². The zero-order valence-corrected chi connectivity index (χ0v) is 15.6. The maximum atomic E-state index is 12.4. The van der Waals surface area contributed by atoms with Crippen molar-refractivity contribution in [2.45, 2.75) is 32.1 Å². The van der Waals surface area contributed by atoms with E-state index in [9.17, 15) is 4.79 Å². The van der Waals surface area contributed by atoms with E-state index in [4.69, 9.17) is 4.74 Å². The third kappa shape index (κ3) is 3.73. The first-order valence-electron chi connectivity index (χ1n) is 9.28. The van der Waals surface area contributed by atoms with Crippen molar-refractivity contribution in [3.8, 4) is 0 Å². The number of nitrogens with zero attached hydrogens (tertiary/aromatic N) is 4. The summed E-state index contributed by atoms with van der Waals surface area (Å²) in [5, 5.41) is 0. The van der Waals surface area contributed by atoms with Gasteiger partial charge in [0.05, 0.1) is 25.5 Å². The normalized spacial score (nSPS) is 20.4. The zero-order valence-electron chi connectivity index (χ0n) is 14.8. The van der Waals surface area contributed by atoms with Crippen LogP contribution in [-0.2, 0) is 16.0 Å².